The van der Waals surface area contributed by atoms with Gasteiger partial charge in [-0.05, 0) is 24.6 Å². The minimum absolute atomic E-state index is 0.0582. The number of hydrogen-bond donors (Lipinski definition) is 2. The molecule has 0 saturated carbocycles. The summed E-state index contributed by atoms with van der Waals surface area (Å²) in [6.07, 6.45) is 0.606. The molecule has 4 rings (SSSR count). The Bertz CT molecular complexity index is 817. The third-order valence-corrected chi connectivity index (χ3v) is 5.62. The summed E-state index contributed by atoms with van der Waals surface area (Å²) >= 11 is 5.92. The summed E-state index contributed by atoms with van der Waals surface area (Å²) in [5.74, 6) is -1.26. The molecule has 0 aromatic heterocycles. The van der Waals surface area contributed by atoms with Crippen molar-refractivity contribution in [1.29, 1.82) is 0 Å². The molecule has 3 aliphatic heterocycles. The predicted octanol–water partition coefficient (Wildman–Crippen LogP) is 1.06. The number of nitrogens with one attached hydrogen (secondary N) is 2. The van der Waals surface area contributed by atoms with Crippen LogP contribution in [-0.4, -0.2) is 72.6 Å². The number of carbonyl (C=O) groups is 3. The summed E-state index contributed by atoms with van der Waals surface area (Å²) in [4.78, 5) is 39.7. The molecule has 2 N–H and O–H groups in total. The number of nitrogens with zero attached hydrogens (tertiary/aromatic N) is 2. The van der Waals surface area contributed by atoms with Crippen molar-refractivity contribution in [2.75, 3.05) is 38.1 Å². The molecular formula is C18H20ClFN4O4. The molecule has 0 spiro atoms. The van der Waals surface area contributed by atoms with Crippen LogP contribution in [0.5, 0.6) is 0 Å². The fourth-order valence-electron chi connectivity index (χ4n) is 3.70. The van der Waals surface area contributed by atoms with Crippen LogP contribution in [0.15, 0.2) is 18.2 Å². The Hall–Kier alpha value is -2.39. The van der Waals surface area contributed by atoms with Gasteiger partial charge in [-0.3, -0.25) is 9.59 Å². The molecule has 4 amide bonds. The largest absolute Gasteiger partial charge is 0.366 e. The molecule has 28 heavy (non-hydrogen) atoms. The number of ether oxygens (including phenoxy) is 1. The molecule has 3 fully saturated rings. The van der Waals surface area contributed by atoms with Crippen molar-refractivity contribution in [2.45, 2.75) is 18.6 Å². The van der Waals surface area contributed by atoms with Gasteiger partial charge in [0.05, 0.1) is 28.8 Å². The lowest BCUT2D eigenvalue weighted by Crippen LogP contribution is -2.64. The number of likely N-dealkylation sites (tertiary alicyclic amines) is 2. The van der Waals surface area contributed by atoms with Crippen molar-refractivity contribution in [1.82, 2.24) is 15.1 Å². The van der Waals surface area contributed by atoms with E-state index < -0.39 is 5.82 Å². The molecular weight excluding hydrogens is 391 g/mol. The molecule has 0 aliphatic carbocycles. The zero-order valence-electron chi connectivity index (χ0n) is 15.0. The first-order valence-corrected chi connectivity index (χ1v) is 9.49. The van der Waals surface area contributed by atoms with Gasteiger partial charge < -0.3 is 25.2 Å². The number of morpholine rings is 1. The van der Waals surface area contributed by atoms with Crippen molar-refractivity contribution in [3.05, 3.63) is 29.0 Å². The van der Waals surface area contributed by atoms with Crippen molar-refractivity contribution < 1.29 is 23.5 Å². The van der Waals surface area contributed by atoms with E-state index in [1.807, 2.05) is 0 Å². The summed E-state index contributed by atoms with van der Waals surface area (Å²) in [5, 5.41) is 5.65. The number of hydrogen-bond acceptors (Lipinski definition) is 4. The smallest absolute Gasteiger partial charge is 0.320 e. The second-order valence-corrected chi connectivity index (χ2v) is 7.66. The van der Waals surface area contributed by atoms with E-state index in [1.165, 1.54) is 12.1 Å². The van der Waals surface area contributed by atoms with Crippen LogP contribution in [0, 0.1) is 11.7 Å². The summed E-state index contributed by atoms with van der Waals surface area (Å²) < 4.78 is 18.6. The average molecular weight is 411 g/mol. The van der Waals surface area contributed by atoms with Gasteiger partial charge in [0.2, 0.25) is 11.8 Å². The number of fused-ring (bicyclic) bond motifs is 1. The van der Waals surface area contributed by atoms with E-state index in [4.69, 9.17) is 16.3 Å². The summed E-state index contributed by atoms with van der Waals surface area (Å²) in [6, 6.07) is 3.41. The SMILES string of the molecule is O=C1CO[C@H]2CCN(C(=O)N3CC(C(=O)Nc4ccc(F)cc4Cl)C3)C[C@H]2N1. The highest BCUT2D eigenvalue weighted by Gasteiger charge is 2.41. The zero-order valence-corrected chi connectivity index (χ0v) is 15.7. The Morgan fingerprint density at radius 1 is 1.25 bits per heavy atom. The van der Waals surface area contributed by atoms with Crippen LogP contribution in [0.25, 0.3) is 0 Å². The van der Waals surface area contributed by atoms with Crippen molar-refractivity contribution in [3.63, 3.8) is 0 Å². The van der Waals surface area contributed by atoms with E-state index in [-0.39, 0.29) is 47.5 Å². The highest BCUT2D eigenvalue weighted by Crippen LogP contribution is 2.26. The molecule has 0 radical (unpaired) electrons. The number of urea groups is 1. The van der Waals surface area contributed by atoms with Gasteiger partial charge in [0, 0.05) is 26.2 Å². The monoisotopic (exact) mass is 410 g/mol. The van der Waals surface area contributed by atoms with E-state index >= 15 is 0 Å². The lowest BCUT2D eigenvalue weighted by Gasteiger charge is -2.45. The second kappa shape index (κ2) is 7.56. The topological polar surface area (TPSA) is 91.0 Å². The molecule has 1 aromatic carbocycles. The molecule has 2 atom stereocenters. The molecule has 3 saturated heterocycles. The van der Waals surface area contributed by atoms with E-state index in [1.54, 1.807) is 9.80 Å². The maximum absolute atomic E-state index is 13.1. The fourth-order valence-corrected chi connectivity index (χ4v) is 3.91. The number of amides is 4. The van der Waals surface area contributed by atoms with Gasteiger partial charge in [0.1, 0.15) is 12.4 Å². The van der Waals surface area contributed by atoms with Crippen LogP contribution in [0.3, 0.4) is 0 Å². The zero-order chi connectivity index (χ0) is 19.8. The maximum atomic E-state index is 13.1. The van der Waals surface area contributed by atoms with Crippen LogP contribution < -0.4 is 10.6 Å². The third-order valence-electron chi connectivity index (χ3n) is 5.31. The van der Waals surface area contributed by atoms with Gasteiger partial charge in [-0.25, -0.2) is 9.18 Å². The Balaban J connectivity index is 1.28. The van der Waals surface area contributed by atoms with Crippen LogP contribution >= 0.6 is 11.6 Å². The van der Waals surface area contributed by atoms with Crippen molar-refractivity contribution in [2.24, 2.45) is 5.92 Å². The average Bonchev–Trinajstić information content (AvgIpc) is 2.62. The number of anilines is 1. The van der Waals surface area contributed by atoms with E-state index in [0.29, 0.717) is 38.3 Å². The molecule has 10 heteroatoms. The number of rotatable bonds is 2. The molecule has 0 unspecified atom stereocenters. The van der Waals surface area contributed by atoms with Gasteiger partial charge >= 0.3 is 6.03 Å². The van der Waals surface area contributed by atoms with Gasteiger partial charge in [0.15, 0.2) is 0 Å². The summed E-state index contributed by atoms with van der Waals surface area (Å²) in [5.41, 5.74) is 0.341. The lowest BCUT2D eigenvalue weighted by atomic mass is 9.98. The molecule has 8 nitrogen and oxygen atoms in total. The van der Waals surface area contributed by atoms with E-state index in [2.05, 4.69) is 10.6 Å². The van der Waals surface area contributed by atoms with Crippen LogP contribution in [0.1, 0.15) is 6.42 Å². The van der Waals surface area contributed by atoms with Gasteiger partial charge in [0.25, 0.3) is 0 Å². The van der Waals surface area contributed by atoms with Gasteiger partial charge in [-0.1, -0.05) is 11.6 Å². The number of benzene rings is 1. The maximum Gasteiger partial charge on any atom is 0.320 e. The van der Waals surface area contributed by atoms with Crippen LogP contribution in [-0.2, 0) is 14.3 Å². The van der Waals surface area contributed by atoms with Crippen LogP contribution in [0.2, 0.25) is 5.02 Å². The minimum Gasteiger partial charge on any atom is -0.366 e. The quantitative estimate of drug-likeness (QED) is 0.762. The molecule has 3 aliphatic rings. The lowest BCUT2D eigenvalue weighted by molar-refractivity contribution is -0.140. The van der Waals surface area contributed by atoms with Crippen molar-refractivity contribution >= 4 is 35.1 Å². The first-order chi connectivity index (χ1) is 13.4. The molecule has 150 valence electrons. The Kier molecular flexibility index (Phi) is 5.11. The van der Waals surface area contributed by atoms with E-state index in [9.17, 15) is 18.8 Å². The molecule has 1 aromatic rings. The fraction of sp³-hybridized carbons (Fsp3) is 0.500. The first kappa shape index (κ1) is 18.9. The number of halogens is 2. The summed E-state index contributed by atoms with van der Waals surface area (Å²) in [7, 11) is 0. The Morgan fingerprint density at radius 2 is 2.04 bits per heavy atom. The Morgan fingerprint density at radius 3 is 2.79 bits per heavy atom. The number of carbonyl (C=O) groups excluding carboxylic acids is 3. The summed E-state index contributed by atoms with van der Waals surface area (Å²) in [6.45, 7) is 1.62. The molecule has 3 heterocycles. The van der Waals surface area contributed by atoms with Crippen LogP contribution in [0.4, 0.5) is 14.9 Å². The first-order valence-electron chi connectivity index (χ1n) is 9.11. The van der Waals surface area contributed by atoms with Crippen molar-refractivity contribution in [3.8, 4) is 0 Å². The second-order valence-electron chi connectivity index (χ2n) is 7.26. The highest BCUT2D eigenvalue weighted by atomic mass is 35.5. The number of piperidine rings is 1. The highest BCUT2D eigenvalue weighted by molar-refractivity contribution is 6.33. The predicted molar refractivity (Wildman–Crippen MR) is 98.4 cm³/mol. The Labute approximate surface area is 165 Å². The normalized spacial score (nSPS) is 24.9. The van der Waals surface area contributed by atoms with E-state index in [0.717, 1.165) is 6.07 Å². The standard InChI is InChI=1S/C18H20ClFN4O4/c19-12-5-11(20)1-2-13(12)22-17(26)10-6-24(7-10)18(27)23-4-3-15-14(8-23)21-16(25)9-28-15/h1-2,5,10,14-15H,3-4,6-9H2,(H,21,25)(H,22,26)/t14-,15+/m1/s1. The third kappa shape index (κ3) is 3.77. The molecule has 0 bridgehead atoms. The minimum atomic E-state index is -0.480. The van der Waals surface area contributed by atoms with Gasteiger partial charge in [-0.15, -0.1) is 0 Å². The van der Waals surface area contributed by atoms with Gasteiger partial charge in [-0.2, -0.15) is 0 Å².